The average Bonchev–Trinajstić information content (AvgIpc) is 3.00. The summed E-state index contributed by atoms with van der Waals surface area (Å²) < 4.78 is 0. The molecule has 0 aromatic heterocycles. The Morgan fingerprint density at radius 1 is 1.00 bits per heavy atom. The highest BCUT2D eigenvalue weighted by molar-refractivity contribution is 5.87. The normalized spacial score (nSPS) is 39.0. The van der Waals surface area contributed by atoms with Crippen LogP contribution >= 0.6 is 0 Å². The van der Waals surface area contributed by atoms with Crippen LogP contribution < -0.4 is 4.90 Å². The quantitative estimate of drug-likeness (QED) is 0.607. The number of anilines is 1. The van der Waals surface area contributed by atoms with Gasteiger partial charge in [0.1, 0.15) is 5.78 Å². The largest absolute Gasteiger partial charge is 0.385 e. The first-order chi connectivity index (χ1) is 14.5. The second-order valence-electron chi connectivity index (χ2n) is 12.2. The Kier molecular flexibility index (Phi) is 4.76. The lowest BCUT2D eigenvalue weighted by Crippen LogP contribution is -2.50. The number of benzene rings is 1. The maximum absolute atomic E-state index is 13.1. The van der Waals surface area contributed by atoms with E-state index in [2.05, 4.69) is 64.0 Å². The number of allylic oxidation sites excluding steroid dienone is 1. The number of carbonyl (C=O) groups excluding carboxylic acids is 1. The molecule has 0 amide bonds. The third kappa shape index (κ3) is 3.22. The zero-order valence-electron chi connectivity index (χ0n) is 20.0. The molecule has 3 saturated carbocycles. The Balaban J connectivity index is 1.65. The fraction of sp³-hybridized carbons (Fsp3) is 0.679. The minimum atomic E-state index is -0.647. The minimum Gasteiger partial charge on any atom is -0.385 e. The van der Waals surface area contributed by atoms with Crippen LogP contribution in [0.4, 0.5) is 5.69 Å². The Hall–Kier alpha value is -1.61. The lowest BCUT2D eigenvalue weighted by molar-refractivity contribution is -0.128. The number of hydrogen-bond donors (Lipinski definition) is 1. The molecule has 4 aliphatic carbocycles. The standard InChI is InChI=1S/C28H39NO2/c1-26(2)14-13-23-25-20(12-15-28(23,31)17-26)22-10-11-24(30)27(22,3)16-21(25)18-6-8-19(9-7-18)29(4)5/h6-9,20-22,31H,10-17H2,1-5H3/t20?,21-,22?,27-,28-/m1/s1. The topological polar surface area (TPSA) is 40.5 Å². The summed E-state index contributed by atoms with van der Waals surface area (Å²) in [7, 11) is 4.15. The van der Waals surface area contributed by atoms with E-state index in [0.29, 0.717) is 17.6 Å². The maximum Gasteiger partial charge on any atom is 0.139 e. The van der Waals surface area contributed by atoms with Crippen molar-refractivity contribution in [3.8, 4) is 0 Å². The van der Waals surface area contributed by atoms with Crippen LogP contribution in [0.1, 0.15) is 83.6 Å². The highest BCUT2D eigenvalue weighted by atomic mass is 16.3. The van der Waals surface area contributed by atoms with Gasteiger partial charge in [0.05, 0.1) is 5.60 Å². The number of rotatable bonds is 2. The Labute approximate surface area is 187 Å². The van der Waals surface area contributed by atoms with E-state index >= 15 is 0 Å². The van der Waals surface area contributed by atoms with E-state index in [1.807, 2.05) is 0 Å². The summed E-state index contributed by atoms with van der Waals surface area (Å²) in [6, 6.07) is 8.96. The molecule has 2 unspecified atom stereocenters. The second-order valence-corrected chi connectivity index (χ2v) is 12.2. The van der Waals surface area contributed by atoms with E-state index in [9.17, 15) is 9.90 Å². The number of aliphatic hydroxyl groups is 1. The van der Waals surface area contributed by atoms with E-state index in [0.717, 1.165) is 51.4 Å². The van der Waals surface area contributed by atoms with Crippen molar-refractivity contribution in [1.82, 2.24) is 0 Å². The molecule has 0 aliphatic heterocycles. The third-order valence-corrected chi connectivity index (χ3v) is 9.44. The van der Waals surface area contributed by atoms with Gasteiger partial charge in [-0.1, -0.05) is 38.5 Å². The summed E-state index contributed by atoms with van der Waals surface area (Å²) in [6.45, 7) is 6.87. The van der Waals surface area contributed by atoms with Gasteiger partial charge in [-0.05, 0) is 85.5 Å². The van der Waals surface area contributed by atoms with Crippen molar-refractivity contribution in [3.63, 3.8) is 0 Å². The number of Topliss-reactive ketones (excluding diaryl/α,β-unsaturated/α-hetero) is 1. The lowest BCUT2D eigenvalue weighted by atomic mass is 9.50. The molecular weight excluding hydrogens is 382 g/mol. The lowest BCUT2D eigenvalue weighted by Gasteiger charge is -2.55. The van der Waals surface area contributed by atoms with Crippen LogP contribution in [0.15, 0.2) is 35.4 Å². The first kappa shape index (κ1) is 21.2. The van der Waals surface area contributed by atoms with Crippen molar-refractivity contribution in [3.05, 3.63) is 41.0 Å². The summed E-state index contributed by atoms with van der Waals surface area (Å²) in [6.07, 6.45) is 7.62. The summed E-state index contributed by atoms with van der Waals surface area (Å²) in [5.74, 6) is 1.65. The third-order valence-electron chi connectivity index (χ3n) is 9.44. The van der Waals surface area contributed by atoms with Crippen molar-refractivity contribution < 1.29 is 9.90 Å². The van der Waals surface area contributed by atoms with Gasteiger partial charge in [-0.2, -0.15) is 0 Å². The van der Waals surface area contributed by atoms with Crippen LogP contribution in [0.25, 0.3) is 0 Å². The van der Waals surface area contributed by atoms with Gasteiger partial charge >= 0.3 is 0 Å². The van der Waals surface area contributed by atoms with Crippen LogP contribution in [0.5, 0.6) is 0 Å². The molecule has 0 radical (unpaired) electrons. The Bertz CT molecular complexity index is 927. The van der Waals surface area contributed by atoms with Gasteiger partial charge in [-0.25, -0.2) is 0 Å². The summed E-state index contributed by atoms with van der Waals surface area (Å²) in [4.78, 5) is 15.2. The van der Waals surface area contributed by atoms with E-state index in [-0.39, 0.29) is 16.7 Å². The second kappa shape index (κ2) is 6.94. The minimum absolute atomic E-state index is 0.195. The maximum atomic E-state index is 13.1. The van der Waals surface area contributed by atoms with Crippen molar-refractivity contribution in [1.29, 1.82) is 0 Å². The molecular formula is C28H39NO2. The number of ketones is 1. The smallest absolute Gasteiger partial charge is 0.139 e. The molecule has 3 fully saturated rings. The van der Waals surface area contributed by atoms with Crippen molar-refractivity contribution >= 4 is 11.5 Å². The van der Waals surface area contributed by atoms with Gasteiger partial charge in [0.15, 0.2) is 0 Å². The summed E-state index contributed by atoms with van der Waals surface area (Å²) in [5.41, 5.74) is 4.75. The van der Waals surface area contributed by atoms with Crippen LogP contribution in [0, 0.1) is 22.7 Å². The van der Waals surface area contributed by atoms with E-state index in [1.54, 1.807) is 0 Å². The predicted octanol–water partition coefficient (Wildman–Crippen LogP) is 5.87. The highest BCUT2D eigenvalue weighted by Gasteiger charge is 2.59. The molecule has 5 rings (SSSR count). The van der Waals surface area contributed by atoms with E-state index in [4.69, 9.17) is 0 Å². The van der Waals surface area contributed by atoms with Crippen LogP contribution in [-0.2, 0) is 4.79 Å². The zero-order chi connectivity index (χ0) is 22.2. The van der Waals surface area contributed by atoms with Gasteiger partial charge in [0.2, 0.25) is 0 Å². The number of fused-ring (bicyclic) bond motifs is 4. The molecule has 31 heavy (non-hydrogen) atoms. The van der Waals surface area contributed by atoms with Gasteiger partial charge < -0.3 is 10.0 Å². The van der Waals surface area contributed by atoms with Gasteiger partial charge in [0.25, 0.3) is 0 Å². The number of carbonyl (C=O) groups is 1. The molecule has 0 heterocycles. The molecule has 1 N–H and O–H groups in total. The first-order valence-corrected chi connectivity index (χ1v) is 12.3. The molecule has 4 aliphatic rings. The average molecular weight is 422 g/mol. The molecule has 0 bridgehead atoms. The molecule has 5 atom stereocenters. The van der Waals surface area contributed by atoms with E-state index in [1.165, 1.54) is 22.4 Å². The monoisotopic (exact) mass is 421 g/mol. The summed E-state index contributed by atoms with van der Waals surface area (Å²) >= 11 is 0. The summed E-state index contributed by atoms with van der Waals surface area (Å²) in [5, 5.41) is 11.9. The zero-order valence-corrected chi connectivity index (χ0v) is 20.0. The molecule has 1 aromatic carbocycles. The predicted molar refractivity (Wildman–Crippen MR) is 126 cm³/mol. The fourth-order valence-electron chi connectivity index (χ4n) is 7.84. The number of nitrogens with zero attached hydrogens (tertiary/aromatic N) is 1. The number of hydrogen-bond acceptors (Lipinski definition) is 3. The highest BCUT2D eigenvalue weighted by Crippen LogP contribution is 2.64. The van der Waals surface area contributed by atoms with Crippen LogP contribution in [0.2, 0.25) is 0 Å². The van der Waals surface area contributed by atoms with Gasteiger partial charge in [0, 0.05) is 37.5 Å². The molecule has 168 valence electrons. The fourth-order valence-corrected chi connectivity index (χ4v) is 7.84. The molecule has 1 aromatic rings. The van der Waals surface area contributed by atoms with Crippen molar-refractivity contribution in [2.24, 2.45) is 22.7 Å². The molecule has 3 heteroatoms. The van der Waals surface area contributed by atoms with Crippen LogP contribution in [-0.4, -0.2) is 30.6 Å². The van der Waals surface area contributed by atoms with E-state index < -0.39 is 5.60 Å². The van der Waals surface area contributed by atoms with Crippen molar-refractivity contribution in [2.75, 3.05) is 19.0 Å². The van der Waals surface area contributed by atoms with Gasteiger partial charge in [-0.15, -0.1) is 0 Å². The van der Waals surface area contributed by atoms with Crippen molar-refractivity contribution in [2.45, 2.75) is 83.7 Å². The van der Waals surface area contributed by atoms with Gasteiger partial charge in [-0.3, -0.25) is 4.79 Å². The van der Waals surface area contributed by atoms with Crippen LogP contribution in [0.3, 0.4) is 0 Å². The molecule has 0 spiro atoms. The molecule has 3 nitrogen and oxygen atoms in total. The SMILES string of the molecule is CN(C)c1ccc([C@H]2C[C@@]3(C)C(=O)CCC3C3CC[C@@]4(O)CC(C)(C)CCC4=C32)cc1. The first-order valence-electron chi connectivity index (χ1n) is 12.3. The Morgan fingerprint density at radius 2 is 1.71 bits per heavy atom. The molecule has 0 saturated heterocycles. The Morgan fingerprint density at radius 3 is 2.39 bits per heavy atom.